The van der Waals surface area contributed by atoms with Gasteiger partial charge in [-0.1, -0.05) is 20.3 Å². The van der Waals surface area contributed by atoms with E-state index >= 15 is 0 Å². The molecule has 0 saturated carbocycles. The molecule has 0 fully saturated rings. The summed E-state index contributed by atoms with van der Waals surface area (Å²) in [7, 11) is 0. The molecule has 6 heteroatoms. The second-order valence-electron chi connectivity index (χ2n) is 4.42. The van der Waals surface area contributed by atoms with Crippen LogP contribution in [0.5, 0.6) is 0 Å². The Hall–Kier alpha value is -0.100. The van der Waals surface area contributed by atoms with Crippen LogP contribution in [-0.4, -0.2) is 26.4 Å². The van der Waals surface area contributed by atoms with Crippen molar-refractivity contribution in [3.8, 4) is 0 Å². The highest BCUT2D eigenvalue weighted by Gasteiger charge is 2.43. The Labute approximate surface area is 118 Å². The minimum atomic E-state index is -1.84. The van der Waals surface area contributed by atoms with Crippen molar-refractivity contribution < 1.29 is 19.4 Å². The summed E-state index contributed by atoms with van der Waals surface area (Å²) in [6.07, 6.45) is 2.47. The van der Waals surface area contributed by atoms with Crippen LogP contribution < -0.4 is 0 Å². The predicted octanol–water partition coefficient (Wildman–Crippen LogP) is 3.32. The van der Waals surface area contributed by atoms with E-state index in [-0.39, 0.29) is 6.10 Å². The number of hydrogen-bond acceptors (Lipinski definition) is 3. The number of hydrogen-bond donors (Lipinski definition) is 1. The van der Waals surface area contributed by atoms with Crippen LogP contribution in [-0.2, 0) is 14.3 Å². The monoisotopic (exact) mass is 372 g/mol. The van der Waals surface area contributed by atoms with Gasteiger partial charge in [0.1, 0.15) is 0 Å². The highest BCUT2D eigenvalue weighted by molar-refractivity contribution is 9.26. The molecule has 0 aliphatic heterocycles. The van der Waals surface area contributed by atoms with Gasteiger partial charge in [-0.2, -0.15) is 0 Å². The van der Waals surface area contributed by atoms with Gasteiger partial charge >= 0.3 is 11.9 Å². The van der Waals surface area contributed by atoms with Crippen molar-refractivity contribution in [3.63, 3.8) is 0 Å². The number of esters is 1. The van der Waals surface area contributed by atoms with Crippen molar-refractivity contribution in [1.29, 1.82) is 0 Å². The molecule has 1 N–H and O–H groups in total. The minimum Gasteiger partial charge on any atom is -0.479 e. The Morgan fingerprint density at radius 2 is 1.76 bits per heavy atom. The highest BCUT2D eigenvalue weighted by atomic mass is 79.9. The highest BCUT2D eigenvalue weighted by Crippen LogP contribution is 2.29. The summed E-state index contributed by atoms with van der Waals surface area (Å²) in [5, 5.41) is 8.78. The Bertz CT molecular complexity index is 277. The molecule has 1 atom stereocenters. The van der Waals surface area contributed by atoms with Crippen LogP contribution in [0, 0.1) is 5.92 Å². The van der Waals surface area contributed by atoms with Crippen LogP contribution in [0.3, 0.4) is 0 Å². The fourth-order valence-corrected chi connectivity index (χ4v) is 1.40. The molecule has 0 rings (SSSR count). The summed E-state index contributed by atoms with van der Waals surface area (Å²) in [6.45, 7) is 6.02. The zero-order valence-electron chi connectivity index (χ0n) is 10.2. The Morgan fingerprint density at radius 3 is 2.18 bits per heavy atom. The molecule has 4 nitrogen and oxygen atoms in total. The maximum atomic E-state index is 11.5. The van der Waals surface area contributed by atoms with Crippen molar-refractivity contribution in [2.45, 2.75) is 49.4 Å². The number of carboxylic acid groups (broad SMARTS) is 1. The van der Waals surface area contributed by atoms with E-state index in [4.69, 9.17) is 9.84 Å². The van der Waals surface area contributed by atoms with Crippen molar-refractivity contribution in [2.24, 2.45) is 5.92 Å². The number of ether oxygens (including phenoxy) is 1. The van der Waals surface area contributed by atoms with E-state index < -0.39 is 15.2 Å². The molecule has 0 radical (unpaired) electrons. The quantitative estimate of drug-likeness (QED) is 0.422. The van der Waals surface area contributed by atoms with E-state index in [2.05, 4.69) is 45.7 Å². The molecule has 0 aliphatic rings. The first-order valence-electron chi connectivity index (χ1n) is 5.50. The standard InChI is InChI=1S/C11H18Br2O4/c1-7(2)5-4-6-8(3)17-10(16)11(12,13)9(14)15/h7-8H,4-6H2,1-3H3,(H,14,15). The summed E-state index contributed by atoms with van der Waals surface area (Å²) in [5.41, 5.74) is 0. The van der Waals surface area contributed by atoms with Crippen molar-refractivity contribution >= 4 is 43.8 Å². The van der Waals surface area contributed by atoms with Crippen LogP contribution in [0.1, 0.15) is 40.0 Å². The number of carbonyl (C=O) groups is 2. The number of aliphatic carboxylic acids is 1. The lowest BCUT2D eigenvalue weighted by molar-refractivity contribution is -0.154. The lowest BCUT2D eigenvalue weighted by Crippen LogP contribution is -2.37. The van der Waals surface area contributed by atoms with Gasteiger partial charge in [0.2, 0.25) is 0 Å². The average Bonchev–Trinajstić information content (AvgIpc) is 2.16. The number of carbonyl (C=O) groups excluding carboxylic acids is 1. The molecule has 1 unspecified atom stereocenters. The molecule has 0 aromatic carbocycles. The molecule has 0 aromatic rings. The minimum absolute atomic E-state index is 0.282. The smallest absolute Gasteiger partial charge is 0.345 e. The summed E-state index contributed by atoms with van der Waals surface area (Å²) < 4.78 is 3.20. The first-order chi connectivity index (χ1) is 7.67. The largest absolute Gasteiger partial charge is 0.479 e. The van der Waals surface area contributed by atoms with Crippen LogP contribution in [0.2, 0.25) is 0 Å². The Kier molecular flexibility index (Phi) is 7.32. The molecular formula is C11H18Br2O4. The predicted molar refractivity (Wildman–Crippen MR) is 72.5 cm³/mol. The van der Waals surface area contributed by atoms with Gasteiger partial charge in [0.05, 0.1) is 6.10 Å². The normalized spacial score (nSPS) is 13.5. The van der Waals surface area contributed by atoms with Gasteiger partial charge in [0, 0.05) is 0 Å². The fourth-order valence-electron chi connectivity index (χ4n) is 1.22. The maximum absolute atomic E-state index is 11.5. The third kappa shape index (κ3) is 6.41. The van der Waals surface area contributed by atoms with Gasteiger partial charge in [0.15, 0.2) is 0 Å². The van der Waals surface area contributed by atoms with Gasteiger partial charge in [-0.3, -0.25) is 0 Å². The first kappa shape index (κ1) is 16.9. The summed E-state index contributed by atoms with van der Waals surface area (Å²) >= 11 is 5.55. The molecule has 0 saturated heterocycles. The number of carboxylic acids is 1. The van der Waals surface area contributed by atoms with Crippen molar-refractivity contribution in [2.75, 3.05) is 0 Å². The summed E-state index contributed by atoms with van der Waals surface area (Å²) in [5.74, 6) is -1.54. The lowest BCUT2D eigenvalue weighted by atomic mass is 10.0. The molecule has 0 spiro atoms. The van der Waals surface area contributed by atoms with Gasteiger partial charge < -0.3 is 9.84 Å². The van der Waals surface area contributed by atoms with Crippen LogP contribution in [0.4, 0.5) is 0 Å². The van der Waals surface area contributed by atoms with Gasteiger partial charge in [0.25, 0.3) is 3.23 Å². The zero-order chi connectivity index (χ0) is 13.6. The second kappa shape index (κ2) is 7.36. The maximum Gasteiger partial charge on any atom is 0.345 e. The fraction of sp³-hybridized carbons (Fsp3) is 0.818. The first-order valence-corrected chi connectivity index (χ1v) is 7.08. The molecule has 0 aromatic heterocycles. The lowest BCUT2D eigenvalue weighted by Gasteiger charge is -2.18. The van der Waals surface area contributed by atoms with Gasteiger partial charge in [-0.25, -0.2) is 9.59 Å². The van der Waals surface area contributed by atoms with E-state index in [0.717, 1.165) is 19.3 Å². The molecule has 0 amide bonds. The van der Waals surface area contributed by atoms with Gasteiger partial charge in [-0.15, -0.1) is 0 Å². The van der Waals surface area contributed by atoms with E-state index in [0.29, 0.717) is 5.92 Å². The average molecular weight is 374 g/mol. The van der Waals surface area contributed by atoms with E-state index in [1.165, 1.54) is 0 Å². The Morgan fingerprint density at radius 1 is 1.24 bits per heavy atom. The van der Waals surface area contributed by atoms with Crippen molar-refractivity contribution in [3.05, 3.63) is 0 Å². The number of alkyl halides is 2. The second-order valence-corrected chi connectivity index (χ2v) is 7.86. The van der Waals surface area contributed by atoms with E-state index in [1.54, 1.807) is 6.92 Å². The molecule has 17 heavy (non-hydrogen) atoms. The summed E-state index contributed by atoms with van der Waals surface area (Å²) in [4.78, 5) is 22.3. The van der Waals surface area contributed by atoms with Crippen LogP contribution >= 0.6 is 31.9 Å². The zero-order valence-corrected chi connectivity index (χ0v) is 13.4. The topological polar surface area (TPSA) is 63.6 Å². The molecule has 0 aliphatic carbocycles. The van der Waals surface area contributed by atoms with E-state index in [9.17, 15) is 9.59 Å². The SMILES string of the molecule is CC(C)CCCC(C)OC(=O)C(Br)(Br)C(=O)O. The summed E-state index contributed by atoms with van der Waals surface area (Å²) in [6, 6.07) is 0. The van der Waals surface area contributed by atoms with E-state index in [1.807, 2.05) is 0 Å². The molecule has 0 heterocycles. The van der Waals surface area contributed by atoms with Gasteiger partial charge in [-0.05, 0) is 57.5 Å². The third-order valence-electron chi connectivity index (χ3n) is 2.23. The van der Waals surface area contributed by atoms with Crippen molar-refractivity contribution in [1.82, 2.24) is 0 Å². The third-order valence-corrected chi connectivity index (χ3v) is 3.55. The number of rotatable bonds is 7. The van der Waals surface area contributed by atoms with Crippen LogP contribution in [0.15, 0.2) is 0 Å². The Balaban J connectivity index is 4.08. The number of halogens is 2. The molecular weight excluding hydrogens is 356 g/mol. The molecule has 0 bridgehead atoms. The molecule has 100 valence electrons. The van der Waals surface area contributed by atoms with Crippen LogP contribution in [0.25, 0.3) is 0 Å².